The van der Waals surface area contributed by atoms with Gasteiger partial charge in [-0.1, -0.05) is 29.8 Å². The van der Waals surface area contributed by atoms with E-state index < -0.39 is 37.1 Å². The highest BCUT2D eigenvalue weighted by Gasteiger charge is 2.44. The van der Waals surface area contributed by atoms with Crippen LogP contribution in [0.1, 0.15) is 35.3 Å². The van der Waals surface area contributed by atoms with Crippen molar-refractivity contribution in [2.24, 2.45) is 0 Å². The largest absolute Gasteiger partial charge is 0.494 e. The summed E-state index contributed by atoms with van der Waals surface area (Å²) in [6.45, 7) is 1.61. The van der Waals surface area contributed by atoms with Crippen LogP contribution in [-0.2, 0) is 17.8 Å². The number of aliphatic hydroxyl groups is 5. The number of halogens is 1. The van der Waals surface area contributed by atoms with E-state index in [2.05, 4.69) is 0 Å². The third-order valence-electron chi connectivity index (χ3n) is 5.31. The molecule has 1 aliphatic rings. The summed E-state index contributed by atoms with van der Waals surface area (Å²) >= 11 is 6.43. The first-order valence-electron chi connectivity index (χ1n) is 9.83. The Bertz CT molecular complexity index is 840. The molecule has 5 N–H and O–H groups in total. The van der Waals surface area contributed by atoms with Crippen molar-refractivity contribution >= 4 is 11.6 Å². The van der Waals surface area contributed by atoms with Crippen molar-refractivity contribution in [1.82, 2.24) is 0 Å². The lowest BCUT2D eigenvalue weighted by Gasteiger charge is -2.41. The Morgan fingerprint density at radius 1 is 0.967 bits per heavy atom. The van der Waals surface area contributed by atoms with Gasteiger partial charge in [0.25, 0.3) is 0 Å². The molecule has 1 fully saturated rings. The number of rotatable bonds is 7. The van der Waals surface area contributed by atoms with Gasteiger partial charge >= 0.3 is 0 Å². The van der Waals surface area contributed by atoms with Gasteiger partial charge in [-0.3, -0.25) is 0 Å². The average Bonchev–Trinajstić information content (AvgIpc) is 2.75. The minimum Gasteiger partial charge on any atom is -0.494 e. The zero-order chi connectivity index (χ0) is 21.8. The van der Waals surface area contributed by atoms with Crippen LogP contribution in [0.25, 0.3) is 0 Å². The monoisotopic (exact) mass is 438 g/mol. The van der Waals surface area contributed by atoms with E-state index in [1.807, 2.05) is 31.2 Å². The van der Waals surface area contributed by atoms with E-state index in [0.29, 0.717) is 29.2 Å². The second-order valence-electron chi connectivity index (χ2n) is 7.30. The highest BCUT2D eigenvalue weighted by Crippen LogP contribution is 2.37. The van der Waals surface area contributed by atoms with Gasteiger partial charge < -0.3 is 35.0 Å². The second-order valence-corrected chi connectivity index (χ2v) is 7.71. The van der Waals surface area contributed by atoms with Crippen LogP contribution >= 0.6 is 11.6 Å². The molecule has 3 rings (SSSR count). The molecule has 7 nitrogen and oxygen atoms in total. The van der Waals surface area contributed by atoms with Gasteiger partial charge in [-0.05, 0) is 53.8 Å². The lowest BCUT2D eigenvalue weighted by molar-refractivity contribution is -0.232. The molecule has 0 aliphatic carbocycles. The van der Waals surface area contributed by atoms with Crippen molar-refractivity contribution in [3.05, 3.63) is 63.7 Å². The number of ether oxygens (including phenoxy) is 2. The first-order chi connectivity index (χ1) is 14.4. The highest BCUT2D eigenvalue weighted by molar-refractivity contribution is 6.31. The third kappa shape index (κ3) is 4.78. The van der Waals surface area contributed by atoms with Crippen molar-refractivity contribution < 1.29 is 35.0 Å². The number of aliphatic hydroxyl groups excluding tert-OH is 5. The Labute approximate surface area is 180 Å². The molecule has 5 atom stereocenters. The molecule has 0 saturated carbocycles. The number of hydrogen-bond acceptors (Lipinski definition) is 7. The minimum absolute atomic E-state index is 0.354. The standard InChI is InChI=1S/C22H27ClO7/c1-2-29-15-5-3-12(4-6-15)7-13-8-16(14(10-24)9-17(13)23)22-21(28)20(27)19(26)18(11-25)30-22/h3-6,8-9,18-22,24-28H,2,7,10-11H2,1H3/t18-,19-,20+,21-,22+/m1/s1. The molecule has 0 spiro atoms. The average molecular weight is 439 g/mol. The van der Waals surface area contributed by atoms with E-state index in [-0.39, 0.29) is 6.61 Å². The van der Waals surface area contributed by atoms with Crippen molar-refractivity contribution in [3.63, 3.8) is 0 Å². The number of hydrogen-bond donors (Lipinski definition) is 5. The van der Waals surface area contributed by atoms with Crippen LogP contribution in [0.4, 0.5) is 0 Å². The van der Waals surface area contributed by atoms with Gasteiger partial charge in [-0.25, -0.2) is 0 Å². The molecule has 164 valence electrons. The van der Waals surface area contributed by atoms with E-state index in [0.717, 1.165) is 16.9 Å². The van der Waals surface area contributed by atoms with Crippen LogP contribution in [0.3, 0.4) is 0 Å². The molecule has 0 radical (unpaired) electrons. The molecule has 1 saturated heterocycles. The Morgan fingerprint density at radius 3 is 2.27 bits per heavy atom. The number of benzene rings is 2. The molecule has 8 heteroatoms. The lowest BCUT2D eigenvalue weighted by atomic mass is 9.87. The van der Waals surface area contributed by atoms with Crippen LogP contribution in [0, 0.1) is 0 Å². The summed E-state index contributed by atoms with van der Waals surface area (Å²) < 4.78 is 11.1. The highest BCUT2D eigenvalue weighted by atomic mass is 35.5. The molecule has 1 heterocycles. The summed E-state index contributed by atoms with van der Waals surface area (Å²) in [7, 11) is 0. The maximum Gasteiger partial charge on any atom is 0.119 e. The first-order valence-corrected chi connectivity index (χ1v) is 10.2. The predicted molar refractivity (Wildman–Crippen MR) is 111 cm³/mol. The molecule has 2 aromatic carbocycles. The lowest BCUT2D eigenvalue weighted by Crippen LogP contribution is -2.55. The van der Waals surface area contributed by atoms with Crippen LogP contribution in [-0.4, -0.2) is 63.2 Å². The van der Waals surface area contributed by atoms with Gasteiger partial charge in [0.05, 0.1) is 19.8 Å². The Hall–Kier alpha value is -1.71. The predicted octanol–water partition coefficient (Wildman–Crippen LogP) is 1.34. The molecule has 0 amide bonds. The van der Waals surface area contributed by atoms with Crippen molar-refractivity contribution in [2.75, 3.05) is 13.2 Å². The van der Waals surface area contributed by atoms with Gasteiger partial charge in [-0.2, -0.15) is 0 Å². The summed E-state index contributed by atoms with van der Waals surface area (Å²) in [6.07, 6.45) is -5.98. The molecule has 30 heavy (non-hydrogen) atoms. The zero-order valence-corrected chi connectivity index (χ0v) is 17.4. The van der Waals surface area contributed by atoms with Gasteiger partial charge in [0.15, 0.2) is 0 Å². The summed E-state index contributed by atoms with van der Waals surface area (Å²) in [4.78, 5) is 0. The Morgan fingerprint density at radius 2 is 1.67 bits per heavy atom. The van der Waals surface area contributed by atoms with Crippen molar-refractivity contribution in [1.29, 1.82) is 0 Å². The quantitative estimate of drug-likeness (QED) is 0.442. The summed E-state index contributed by atoms with van der Waals surface area (Å²) in [6, 6.07) is 10.9. The fourth-order valence-electron chi connectivity index (χ4n) is 3.66. The van der Waals surface area contributed by atoms with Crippen molar-refractivity contribution in [3.8, 4) is 5.75 Å². The van der Waals surface area contributed by atoms with Gasteiger partial charge in [-0.15, -0.1) is 0 Å². The van der Waals surface area contributed by atoms with Gasteiger partial charge in [0, 0.05) is 5.02 Å². The maximum atomic E-state index is 10.5. The Kier molecular flexibility index (Phi) is 7.70. The SMILES string of the molecule is CCOc1ccc(Cc2cc([C@@H]3O[C@H](CO)[C@@H](O)[C@H](O)[C@H]3O)c(CO)cc2Cl)cc1. The van der Waals surface area contributed by atoms with Crippen molar-refractivity contribution in [2.45, 2.75) is 50.5 Å². The second kappa shape index (κ2) is 10.1. The minimum atomic E-state index is -1.50. The van der Waals surface area contributed by atoms with E-state index in [9.17, 15) is 25.5 Å². The third-order valence-corrected chi connectivity index (χ3v) is 5.66. The van der Waals surface area contributed by atoms with Crippen LogP contribution in [0.2, 0.25) is 5.02 Å². The van der Waals surface area contributed by atoms with Crippen LogP contribution in [0.5, 0.6) is 5.75 Å². The molecular weight excluding hydrogens is 412 g/mol. The first kappa shape index (κ1) is 23.0. The normalized spacial score (nSPS) is 26.6. The van der Waals surface area contributed by atoms with Gasteiger partial charge in [0.1, 0.15) is 36.3 Å². The maximum absolute atomic E-state index is 10.5. The topological polar surface area (TPSA) is 120 Å². The van der Waals surface area contributed by atoms with E-state index in [1.165, 1.54) is 0 Å². The molecule has 0 bridgehead atoms. The molecule has 1 aliphatic heterocycles. The summed E-state index contributed by atoms with van der Waals surface area (Å²) in [5.41, 5.74) is 2.60. The summed E-state index contributed by atoms with van der Waals surface area (Å²) in [5.74, 6) is 0.769. The van der Waals surface area contributed by atoms with E-state index in [4.69, 9.17) is 21.1 Å². The van der Waals surface area contributed by atoms with Crippen LogP contribution < -0.4 is 4.74 Å². The van der Waals surface area contributed by atoms with E-state index in [1.54, 1.807) is 12.1 Å². The van der Waals surface area contributed by atoms with Crippen LogP contribution in [0.15, 0.2) is 36.4 Å². The molecule has 2 aromatic rings. The fourth-order valence-corrected chi connectivity index (χ4v) is 3.92. The van der Waals surface area contributed by atoms with E-state index >= 15 is 0 Å². The Balaban J connectivity index is 1.93. The molecule has 0 unspecified atom stereocenters. The zero-order valence-electron chi connectivity index (χ0n) is 16.6. The smallest absolute Gasteiger partial charge is 0.119 e. The fraction of sp³-hybridized carbons (Fsp3) is 0.455. The molecular formula is C22H27ClO7. The summed E-state index contributed by atoms with van der Waals surface area (Å²) in [5, 5.41) is 50.3. The molecule has 0 aromatic heterocycles. The van der Waals surface area contributed by atoms with Gasteiger partial charge in [0.2, 0.25) is 0 Å².